The van der Waals surface area contributed by atoms with Crippen molar-refractivity contribution in [1.29, 1.82) is 0 Å². The molecule has 0 aromatic carbocycles. The predicted octanol–water partition coefficient (Wildman–Crippen LogP) is -1.21. The van der Waals surface area contributed by atoms with Crippen LogP contribution < -0.4 is 18.1 Å². The van der Waals surface area contributed by atoms with Gasteiger partial charge in [0.05, 0.1) is 26.5 Å². The lowest BCUT2D eigenvalue weighted by Gasteiger charge is -2.18. The Bertz CT molecular complexity index is 219. The van der Waals surface area contributed by atoms with Gasteiger partial charge in [0, 0.05) is 0 Å². The lowest BCUT2D eigenvalue weighted by atomic mass is 10.5. The Labute approximate surface area is 99.0 Å². The normalized spacial score (nSPS) is 10.4. The van der Waals surface area contributed by atoms with Crippen molar-refractivity contribution in [1.82, 2.24) is 0 Å². The van der Waals surface area contributed by atoms with Crippen molar-refractivity contribution >= 4 is 5.91 Å². The van der Waals surface area contributed by atoms with Gasteiger partial charge in [-0.1, -0.05) is 6.58 Å². The molecule has 0 aromatic heterocycles. The Balaban J connectivity index is -0.000000208. The Morgan fingerprint density at radius 2 is 1.47 bits per heavy atom. The maximum absolute atomic E-state index is 9.47. The molecule has 2 N–H and O–H groups in total. The van der Waals surface area contributed by atoms with Crippen LogP contribution in [-0.2, 0) is 4.79 Å². The molecule has 0 radical (unpaired) electrons. The molecular formula is C11H21ClN2O. The van der Waals surface area contributed by atoms with E-state index in [2.05, 4.69) is 51.0 Å². The SMILES string of the molecule is C/C=C/[N+](C)(C)/C=C/C.C=CC(N)=O.[Cl-]. The van der Waals surface area contributed by atoms with Gasteiger partial charge < -0.3 is 18.1 Å². The van der Waals surface area contributed by atoms with E-state index in [0.29, 0.717) is 0 Å². The summed E-state index contributed by atoms with van der Waals surface area (Å²) in [6.07, 6.45) is 9.42. The molecule has 1 amide bonds. The molecule has 0 fully saturated rings. The minimum atomic E-state index is -0.481. The number of allylic oxidation sites excluding steroid dienone is 2. The van der Waals surface area contributed by atoms with E-state index in [-0.39, 0.29) is 12.4 Å². The third kappa shape index (κ3) is 19.4. The monoisotopic (exact) mass is 232 g/mol. The van der Waals surface area contributed by atoms with Crippen LogP contribution in [0, 0.1) is 0 Å². The van der Waals surface area contributed by atoms with Crippen molar-refractivity contribution in [3.8, 4) is 0 Å². The van der Waals surface area contributed by atoms with Gasteiger partial charge in [0.1, 0.15) is 0 Å². The summed E-state index contributed by atoms with van der Waals surface area (Å²) >= 11 is 0. The molecule has 0 unspecified atom stereocenters. The molecule has 15 heavy (non-hydrogen) atoms. The number of hydrogen-bond donors (Lipinski definition) is 1. The minimum Gasteiger partial charge on any atom is -1.00 e. The molecule has 0 heterocycles. The van der Waals surface area contributed by atoms with E-state index in [1.54, 1.807) is 0 Å². The van der Waals surface area contributed by atoms with Gasteiger partial charge in [0.2, 0.25) is 5.91 Å². The highest BCUT2D eigenvalue weighted by molar-refractivity contribution is 5.84. The first-order chi connectivity index (χ1) is 6.39. The quantitative estimate of drug-likeness (QED) is 0.482. The number of nitrogens with zero attached hydrogens (tertiary/aromatic N) is 1. The molecule has 0 aromatic rings. The highest BCUT2D eigenvalue weighted by Crippen LogP contribution is 1.98. The van der Waals surface area contributed by atoms with E-state index in [9.17, 15) is 4.79 Å². The lowest BCUT2D eigenvalue weighted by molar-refractivity contribution is -0.784. The molecule has 0 bridgehead atoms. The van der Waals surface area contributed by atoms with E-state index in [1.165, 1.54) is 0 Å². The first-order valence-corrected chi connectivity index (χ1v) is 4.42. The third-order valence-electron chi connectivity index (χ3n) is 1.27. The number of primary amides is 1. The van der Waals surface area contributed by atoms with Gasteiger partial charge >= 0.3 is 0 Å². The van der Waals surface area contributed by atoms with E-state index in [1.807, 2.05) is 13.8 Å². The van der Waals surface area contributed by atoms with E-state index in [4.69, 9.17) is 0 Å². The van der Waals surface area contributed by atoms with Crippen molar-refractivity contribution in [2.45, 2.75) is 13.8 Å². The average molecular weight is 233 g/mol. The summed E-state index contributed by atoms with van der Waals surface area (Å²) in [6.45, 7) is 7.15. The zero-order chi connectivity index (χ0) is 11.6. The zero-order valence-corrected chi connectivity index (χ0v) is 10.7. The van der Waals surface area contributed by atoms with E-state index >= 15 is 0 Å². The smallest absolute Gasteiger partial charge is 0.240 e. The fraction of sp³-hybridized carbons (Fsp3) is 0.364. The minimum absolute atomic E-state index is 0. The Morgan fingerprint density at radius 1 is 1.20 bits per heavy atom. The van der Waals surface area contributed by atoms with Gasteiger partial charge in [0.15, 0.2) is 0 Å². The van der Waals surface area contributed by atoms with Crippen molar-refractivity contribution in [2.24, 2.45) is 5.73 Å². The number of halogens is 1. The van der Waals surface area contributed by atoms with Crippen molar-refractivity contribution in [2.75, 3.05) is 14.1 Å². The van der Waals surface area contributed by atoms with Crippen LogP contribution in [0.1, 0.15) is 13.8 Å². The predicted molar refractivity (Wildman–Crippen MR) is 61.1 cm³/mol. The van der Waals surface area contributed by atoms with E-state index in [0.717, 1.165) is 10.6 Å². The van der Waals surface area contributed by atoms with Gasteiger partial charge in [0.25, 0.3) is 0 Å². The van der Waals surface area contributed by atoms with Crippen molar-refractivity contribution < 1.29 is 21.7 Å². The fourth-order valence-electron chi connectivity index (χ4n) is 0.818. The number of rotatable bonds is 3. The molecule has 0 saturated heterocycles. The summed E-state index contributed by atoms with van der Waals surface area (Å²) in [5.41, 5.74) is 4.53. The molecule has 0 saturated carbocycles. The number of hydrogen-bond acceptors (Lipinski definition) is 1. The number of nitrogens with two attached hydrogens (primary N) is 1. The van der Waals surface area contributed by atoms with Gasteiger partial charge in [-0.15, -0.1) is 0 Å². The van der Waals surface area contributed by atoms with Gasteiger partial charge in [-0.05, 0) is 32.1 Å². The molecule has 0 atom stereocenters. The number of amides is 1. The standard InChI is InChI=1S/C8H16N.C3H5NO.ClH/c1-5-7-9(3,4)8-6-2;1-2-3(4)5;/h5-8H,1-4H3;2H,1H2,(H2,4,5);1H/q+1;;/p-1/b7-5+,8-6+;;. The van der Waals surface area contributed by atoms with E-state index < -0.39 is 5.91 Å². The molecule has 0 aliphatic rings. The van der Waals surface area contributed by atoms with Crippen LogP contribution in [0.15, 0.2) is 37.2 Å². The second kappa shape index (κ2) is 11.0. The van der Waals surface area contributed by atoms with Crippen LogP contribution in [0.2, 0.25) is 0 Å². The Kier molecular flexibility index (Phi) is 14.3. The van der Waals surface area contributed by atoms with Crippen molar-refractivity contribution in [3.63, 3.8) is 0 Å². The maximum atomic E-state index is 9.47. The third-order valence-corrected chi connectivity index (χ3v) is 1.27. The highest BCUT2D eigenvalue weighted by Gasteiger charge is 2.02. The van der Waals surface area contributed by atoms with Crippen molar-refractivity contribution in [3.05, 3.63) is 37.2 Å². The topological polar surface area (TPSA) is 43.1 Å². The fourth-order valence-corrected chi connectivity index (χ4v) is 0.818. The molecule has 0 aliphatic heterocycles. The van der Waals surface area contributed by atoms with Gasteiger partial charge in [-0.25, -0.2) is 0 Å². The summed E-state index contributed by atoms with van der Waals surface area (Å²) in [5.74, 6) is -0.481. The second-order valence-corrected chi connectivity index (χ2v) is 3.20. The zero-order valence-electron chi connectivity index (χ0n) is 9.90. The summed E-state index contributed by atoms with van der Waals surface area (Å²) in [4.78, 5) is 9.47. The number of quaternary nitrogens is 1. The summed E-state index contributed by atoms with van der Waals surface area (Å²) in [6, 6.07) is 0. The molecular weight excluding hydrogens is 212 g/mol. The highest BCUT2D eigenvalue weighted by atomic mass is 35.5. The molecule has 4 heteroatoms. The van der Waals surface area contributed by atoms with Crippen LogP contribution in [0.5, 0.6) is 0 Å². The van der Waals surface area contributed by atoms with Crippen LogP contribution in [0.3, 0.4) is 0 Å². The average Bonchev–Trinajstić information content (AvgIpc) is 2.05. The largest absolute Gasteiger partial charge is 1.00 e. The van der Waals surface area contributed by atoms with Crippen LogP contribution in [-0.4, -0.2) is 24.5 Å². The van der Waals surface area contributed by atoms with Crippen LogP contribution >= 0.6 is 0 Å². The lowest BCUT2D eigenvalue weighted by Crippen LogP contribution is -3.00. The maximum Gasteiger partial charge on any atom is 0.240 e. The summed E-state index contributed by atoms with van der Waals surface area (Å²) in [7, 11) is 4.25. The Hall–Kier alpha value is -1.06. The van der Waals surface area contributed by atoms with Gasteiger partial charge in [-0.2, -0.15) is 0 Å². The second-order valence-electron chi connectivity index (χ2n) is 3.20. The Morgan fingerprint density at radius 3 is 1.60 bits per heavy atom. The molecule has 0 aliphatic carbocycles. The molecule has 3 nitrogen and oxygen atoms in total. The number of carbonyl (C=O) groups excluding carboxylic acids is 1. The number of carbonyl (C=O) groups is 1. The molecule has 0 rings (SSSR count). The van der Waals surface area contributed by atoms with Crippen LogP contribution in [0.4, 0.5) is 0 Å². The molecule has 88 valence electrons. The molecule has 0 spiro atoms. The summed E-state index contributed by atoms with van der Waals surface area (Å²) in [5, 5.41) is 0. The van der Waals surface area contributed by atoms with Gasteiger partial charge in [-0.3, -0.25) is 9.28 Å². The first kappa shape index (κ1) is 19.5. The first-order valence-electron chi connectivity index (χ1n) is 4.42. The van der Waals surface area contributed by atoms with Crippen LogP contribution in [0.25, 0.3) is 0 Å². The summed E-state index contributed by atoms with van der Waals surface area (Å²) < 4.78 is 0.826.